The number of aryl methyl sites for hydroxylation is 1. The van der Waals surface area contributed by atoms with Gasteiger partial charge in [-0.3, -0.25) is 24.3 Å². The van der Waals surface area contributed by atoms with Gasteiger partial charge in [0.25, 0.3) is 17.0 Å². The number of benzene rings is 2. The molecule has 150 valence electrons. The minimum atomic E-state index is -0.794. The van der Waals surface area contributed by atoms with E-state index in [1.54, 1.807) is 12.1 Å². The molecule has 0 saturated heterocycles. The highest BCUT2D eigenvalue weighted by molar-refractivity contribution is 5.81. The molecule has 0 atom stereocenters. The molecule has 0 aliphatic carbocycles. The number of esters is 1. The van der Waals surface area contributed by atoms with Crippen molar-refractivity contribution in [1.82, 2.24) is 15.1 Å². The van der Waals surface area contributed by atoms with E-state index in [4.69, 9.17) is 4.74 Å². The van der Waals surface area contributed by atoms with Gasteiger partial charge in [0.15, 0.2) is 6.61 Å². The van der Waals surface area contributed by atoms with Crippen molar-refractivity contribution in [3.8, 4) is 0 Å². The van der Waals surface area contributed by atoms with Crippen LogP contribution in [0, 0.1) is 0 Å². The Labute approximate surface area is 166 Å². The SMILES string of the molecule is O=C(COC(=O)Cn1[nH]c(=O)c2ccccc2c1=O)NCCCc1ccccc1. The number of rotatable bonds is 8. The van der Waals surface area contributed by atoms with Gasteiger partial charge in [0.05, 0.1) is 10.8 Å². The van der Waals surface area contributed by atoms with Crippen molar-refractivity contribution >= 4 is 22.6 Å². The number of ether oxygens (including phenoxy) is 1. The normalized spacial score (nSPS) is 10.6. The molecule has 1 aromatic heterocycles. The summed E-state index contributed by atoms with van der Waals surface area (Å²) in [5, 5.41) is 5.47. The van der Waals surface area contributed by atoms with Crippen LogP contribution in [-0.2, 0) is 27.3 Å². The molecular formula is C21H21N3O5. The predicted octanol–water partition coefficient (Wildman–Crippen LogP) is 0.982. The largest absolute Gasteiger partial charge is 0.454 e. The van der Waals surface area contributed by atoms with Crippen LogP contribution in [-0.4, -0.2) is 34.8 Å². The Morgan fingerprint density at radius 3 is 2.41 bits per heavy atom. The summed E-state index contributed by atoms with van der Waals surface area (Å²) in [6.07, 6.45) is 1.59. The standard InChI is InChI=1S/C21H21N3O5/c25-18(22-12-6-9-15-7-2-1-3-8-15)14-29-19(26)13-24-21(28)17-11-5-4-10-16(17)20(27)23-24/h1-5,7-8,10-11H,6,9,12-14H2,(H,22,25)(H,23,27). The molecule has 1 amide bonds. The fourth-order valence-electron chi connectivity index (χ4n) is 2.89. The van der Waals surface area contributed by atoms with Gasteiger partial charge in [0.2, 0.25) is 0 Å². The van der Waals surface area contributed by atoms with Crippen LogP contribution < -0.4 is 16.4 Å². The Balaban J connectivity index is 1.46. The molecule has 8 heteroatoms. The van der Waals surface area contributed by atoms with E-state index in [2.05, 4.69) is 10.4 Å². The lowest BCUT2D eigenvalue weighted by atomic mass is 10.1. The smallest absolute Gasteiger partial charge is 0.328 e. The van der Waals surface area contributed by atoms with Crippen LogP contribution in [0.4, 0.5) is 0 Å². The molecule has 0 aliphatic heterocycles. The van der Waals surface area contributed by atoms with Gasteiger partial charge in [0, 0.05) is 6.54 Å². The van der Waals surface area contributed by atoms with Crippen LogP contribution in [0.5, 0.6) is 0 Å². The van der Waals surface area contributed by atoms with E-state index >= 15 is 0 Å². The molecule has 2 N–H and O–H groups in total. The molecule has 0 radical (unpaired) electrons. The second-order valence-electron chi connectivity index (χ2n) is 6.48. The van der Waals surface area contributed by atoms with Crippen LogP contribution in [0.3, 0.4) is 0 Å². The highest BCUT2D eigenvalue weighted by atomic mass is 16.5. The number of hydrogen-bond acceptors (Lipinski definition) is 5. The highest BCUT2D eigenvalue weighted by Gasteiger charge is 2.12. The van der Waals surface area contributed by atoms with E-state index in [0.717, 1.165) is 17.5 Å². The maximum Gasteiger partial charge on any atom is 0.328 e. The van der Waals surface area contributed by atoms with Crippen molar-refractivity contribution in [2.75, 3.05) is 13.2 Å². The molecule has 0 unspecified atom stereocenters. The molecule has 2 aromatic carbocycles. The zero-order valence-corrected chi connectivity index (χ0v) is 15.7. The van der Waals surface area contributed by atoms with Gasteiger partial charge < -0.3 is 10.1 Å². The molecule has 8 nitrogen and oxygen atoms in total. The maximum absolute atomic E-state index is 12.4. The summed E-state index contributed by atoms with van der Waals surface area (Å²) in [6.45, 7) is -0.473. The van der Waals surface area contributed by atoms with Crippen molar-refractivity contribution in [2.45, 2.75) is 19.4 Å². The summed E-state index contributed by atoms with van der Waals surface area (Å²) in [4.78, 5) is 48.1. The van der Waals surface area contributed by atoms with E-state index < -0.39 is 36.1 Å². The first-order valence-corrected chi connectivity index (χ1v) is 9.22. The van der Waals surface area contributed by atoms with Crippen molar-refractivity contribution in [3.63, 3.8) is 0 Å². The Morgan fingerprint density at radius 2 is 1.66 bits per heavy atom. The fourth-order valence-corrected chi connectivity index (χ4v) is 2.89. The van der Waals surface area contributed by atoms with Crippen LogP contribution in [0.25, 0.3) is 10.8 Å². The second kappa shape index (κ2) is 9.50. The van der Waals surface area contributed by atoms with E-state index in [9.17, 15) is 19.2 Å². The number of amides is 1. The lowest BCUT2D eigenvalue weighted by Gasteiger charge is -2.08. The number of carbonyl (C=O) groups is 2. The lowest BCUT2D eigenvalue weighted by molar-refractivity contribution is -0.149. The van der Waals surface area contributed by atoms with Crippen LogP contribution in [0.1, 0.15) is 12.0 Å². The predicted molar refractivity (Wildman–Crippen MR) is 108 cm³/mol. The van der Waals surface area contributed by atoms with Gasteiger partial charge in [-0.1, -0.05) is 42.5 Å². The number of carbonyl (C=O) groups excluding carboxylic acids is 2. The number of aromatic amines is 1. The third-order valence-electron chi connectivity index (χ3n) is 4.34. The topological polar surface area (TPSA) is 110 Å². The van der Waals surface area contributed by atoms with Crippen molar-refractivity contribution < 1.29 is 14.3 Å². The lowest BCUT2D eigenvalue weighted by Crippen LogP contribution is -2.34. The first kappa shape index (κ1) is 20.1. The average molecular weight is 395 g/mol. The summed E-state index contributed by atoms with van der Waals surface area (Å²) in [7, 11) is 0. The van der Waals surface area contributed by atoms with Crippen LogP contribution in [0.15, 0.2) is 64.2 Å². The number of fused-ring (bicyclic) bond motifs is 1. The minimum absolute atomic E-state index is 0.209. The first-order valence-electron chi connectivity index (χ1n) is 9.22. The number of H-pyrrole nitrogens is 1. The second-order valence-corrected chi connectivity index (χ2v) is 6.48. The maximum atomic E-state index is 12.4. The zero-order valence-electron chi connectivity index (χ0n) is 15.7. The van der Waals surface area contributed by atoms with Gasteiger partial charge in [0.1, 0.15) is 6.54 Å². The Hall–Kier alpha value is -3.68. The highest BCUT2D eigenvalue weighted by Crippen LogP contribution is 2.03. The molecular weight excluding hydrogens is 374 g/mol. The Kier molecular flexibility index (Phi) is 6.57. The first-order chi connectivity index (χ1) is 14.0. The average Bonchev–Trinajstić information content (AvgIpc) is 2.74. The molecule has 3 rings (SSSR count). The molecule has 0 fully saturated rings. The van der Waals surface area contributed by atoms with E-state index in [1.165, 1.54) is 17.7 Å². The van der Waals surface area contributed by atoms with E-state index in [1.807, 2.05) is 30.3 Å². The van der Waals surface area contributed by atoms with Gasteiger partial charge in [-0.15, -0.1) is 0 Å². The summed E-state index contributed by atoms with van der Waals surface area (Å²) in [5.41, 5.74) is 0.190. The summed E-state index contributed by atoms with van der Waals surface area (Å²) in [5.74, 6) is -1.22. The number of aromatic nitrogens is 2. The Morgan fingerprint density at radius 1 is 0.966 bits per heavy atom. The van der Waals surface area contributed by atoms with Gasteiger partial charge in [-0.2, -0.15) is 0 Å². The molecule has 3 aromatic rings. The minimum Gasteiger partial charge on any atom is -0.454 e. The van der Waals surface area contributed by atoms with Crippen molar-refractivity contribution in [1.29, 1.82) is 0 Å². The van der Waals surface area contributed by atoms with Crippen LogP contribution in [0.2, 0.25) is 0 Å². The molecule has 29 heavy (non-hydrogen) atoms. The zero-order chi connectivity index (χ0) is 20.6. The molecule has 0 aliphatic rings. The van der Waals surface area contributed by atoms with E-state index in [0.29, 0.717) is 6.54 Å². The third kappa shape index (κ3) is 5.41. The Bertz CT molecular complexity index is 1120. The summed E-state index contributed by atoms with van der Waals surface area (Å²) >= 11 is 0. The molecule has 0 saturated carbocycles. The van der Waals surface area contributed by atoms with Crippen molar-refractivity contribution in [3.05, 3.63) is 80.9 Å². The summed E-state index contributed by atoms with van der Waals surface area (Å²) < 4.78 is 5.78. The molecule has 1 heterocycles. The number of nitrogens with one attached hydrogen (secondary N) is 2. The van der Waals surface area contributed by atoms with Gasteiger partial charge in [-0.25, -0.2) is 4.68 Å². The van der Waals surface area contributed by atoms with Gasteiger partial charge in [-0.05, 0) is 30.5 Å². The molecule has 0 spiro atoms. The monoisotopic (exact) mass is 395 g/mol. The third-order valence-corrected chi connectivity index (χ3v) is 4.34. The van der Waals surface area contributed by atoms with E-state index in [-0.39, 0.29) is 10.8 Å². The number of nitrogens with zero attached hydrogens (tertiary/aromatic N) is 1. The quantitative estimate of drug-likeness (QED) is 0.436. The van der Waals surface area contributed by atoms with Crippen molar-refractivity contribution in [2.24, 2.45) is 0 Å². The van der Waals surface area contributed by atoms with Crippen LogP contribution >= 0.6 is 0 Å². The van der Waals surface area contributed by atoms with Gasteiger partial charge >= 0.3 is 5.97 Å². The molecule has 0 bridgehead atoms. The fraction of sp³-hybridized carbons (Fsp3) is 0.238. The summed E-state index contributed by atoms with van der Waals surface area (Å²) in [6, 6.07) is 16.2. The number of hydrogen-bond donors (Lipinski definition) is 2.